The van der Waals surface area contributed by atoms with Gasteiger partial charge in [-0.15, -0.1) is 0 Å². The van der Waals surface area contributed by atoms with Crippen LogP contribution in [0.2, 0.25) is 0 Å². The summed E-state index contributed by atoms with van der Waals surface area (Å²) < 4.78 is 24.8. The smallest absolute Gasteiger partial charge is 0.399 e. The maximum atomic E-state index is 12.5. The first-order chi connectivity index (χ1) is 12.1. The molecule has 26 heavy (non-hydrogen) atoms. The Morgan fingerprint density at radius 3 is 2.23 bits per heavy atom. The van der Waals surface area contributed by atoms with Crippen LogP contribution < -0.4 is 5.46 Å². The Balaban J connectivity index is 1.62. The molecule has 3 aliphatic heterocycles. The predicted octanol–water partition coefficient (Wildman–Crippen LogP) is 2.64. The molecule has 1 aromatic carbocycles. The van der Waals surface area contributed by atoms with E-state index in [9.17, 15) is 9.32 Å². The Morgan fingerprint density at radius 2 is 1.65 bits per heavy atom. The van der Waals surface area contributed by atoms with Crippen molar-refractivity contribution in [2.24, 2.45) is 0 Å². The molecule has 0 aromatic heterocycles. The van der Waals surface area contributed by atoms with Gasteiger partial charge in [0.1, 0.15) is 0 Å². The number of fused-ring (bicyclic) bond motifs is 2. The maximum absolute atomic E-state index is 12.5. The van der Waals surface area contributed by atoms with Gasteiger partial charge in [-0.25, -0.2) is 0 Å². The third-order valence-corrected chi connectivity index (χ3v) is 8.91. The second kappa shape index (κ2) is 6.16. The molecular formula is C20H29BO4S. The van der Waals surface area contributed by atoms with Gasteiger partial charge in [-0.2, -0.15) is 0 Å². The van der Waals surface area contributed by atoms with Crippen molar-refractivity contribution in [3.05, 3.63) is 29.8 Å². The van der Waals surface area contributed by atoms with E-state index < -0.39 is 23.5 Å². The van der Waals surface area contributed by atoms with Gasteiger partial charge < -0.3 is 14.4 Å². The van der Waals surface area contributed by atoms with Crippen molar-refractivity contribution in [2.75, 3.05) is 0 Å². The van der Waals surface area contributed by atoms with Crippen LogP contribution in [0, 0.1) is 0 Å². The molecule has 4 rings (SSSR count). The van der Waals surface area contributed by atoms with E-state index in [0.717, 1.165) is 30.3 Å². The minimum absolute atomic E-state index is 0.119. The zero-order valence-electron chi connectivity index (χ0n) is 16.2. The molecule has 3 saturated heterocycles. The molecule has 0 spiro atoms. The van der Waals surface area contributed by atoms with E-state index >= 15 is 0 Å². The molecule has 3 fully saturated rings. The largest absolute Gasteiger partial charge is 0.494 e. The van der Waals surface area contributed by atoms with Crippen LogP contribution in [-0.4, -0.2) is 38.1 Å². The van der Waals surface area contributed by atoms with Gasteiger partial charge in [0.25, 0.3) is 0 Å². The molecule has 4 nitrogen and oxygen atoms in total. The summed E-state index contributed by atoms with van der Waals surface area (Å²) in [5, 5.41) is 11.7. The van der Waals surface area contributed by atoms with Crippen LogP contribution in [-0.2, 0) is 25.7 Å². The molecule has 3 aliphatic rings. The Bertz CT molecular complexity index is 700. The van der Waals surface area contributed by atoms with Gasteiger partial charge in [0.15, 0.2) is 0 Å². The lowest BCUT2D eigenvalue weighted by atomic mass is 9.74. The van der Waals surface area contributed by atoms with Crippen LogP contribution in [0.3, 0.4) is 0 Å². The van der Waals surface area contributed by atoms with Crippen LogP contribution in [0.15, 0.2) is 24.3 Å². The Labute approximate surface area is 159 Å². The van der Waals surface area contributed by atoms with Crippen molar-refractivity contribution < 1.29 is 18.6 Å². The fourth-order valence-electron chi connectivity index (χ4n) is 4.47. The van der Waals surface area contributed by atoms with Crippen LogP contribution in [0.1, 0.15) is 65.4 Å². The maximum Gasteiger partial charge on any atom is 0.494 e. The standard InChI is InChI=1S/C20H29BO4S/c1-18(2)19(3,4)25-21(24-18)15-8-5-7-14(11-15)20(22)12-16-9-6-10-17(13-20)26(16)23/h5,7-8,11,16-17,22H,6,9-10,12-13H2,1-4H3. The third kappa shape index (κ3) is 2.99. The molecule has 2 unspecified atom stereocenters. The number of hydrogen-bond donors (Lipinski definition) is 1. The van der Waals surface area contributed by atoms with Gasteiger partial charge >= 0.3 is 7.12 Å². The van der Waals surface area contributed by atoms with E-state index in [1.165, 1.54) is 0 Å². The first-order valence-corrected chi connectivity index (χ1v) is 11.0. The van der Waals surface area contributed by atoms with E-state index in [2.05, 4.69) is 0 Å². The van der Waals surface area contributed by atoms with Gasteiger partial charge in [-0.05, 0) is 64.4 Å². The molecule has 2 bridgehead atoms. The van der Waals surface area contributed by atoms with Crippen molar-refractivity contribution >= 4 is 23.4 Å². The van der Waals surface area contributed by atoms with Crippen molar-refractivity contribution in [1.29, 1.82) is 0 Å². The summed E-state index contributed by atoms with van der Waals surface area (Å²) in [4.78, 5) is 0. The molecule has 0 amide bonds. The molecule has 0 radical (unpaired) electrons. The first kappa shape index (κ1) is 18.7. The number of rotatable bonds is 2. The van der Waals surface area contributed by atoms with Crippen molar-refractivity contribution in [3.63, 3.8) is 0 Å². The number of hydrogen-bond acceptors (Lipinski definition) is 4. The Morgan fingerprint density at radius 1 is 1.08 bits per heavy atom. The summed E-state index contributed by atoms with van der Waals surface area (Å²) in [6.07, 6.45) is 4.22. The highest BCUT2D eigenvalue weighted by molar-refractivity contribution is 7.86. The van der Waals surface area contributed by atoms with Gasteiger partial charge in [-0.1, -0.05) is 30.7 Å². The number of aliphatic hydroxyl groups is 1. The fourth-order valence-corrected chi connectivity index (χ4v) is 6.69. The molecular weight excluding hydrogens is 347 g/mol. The minimum atomic E-state index is -0.899. The lowest BCUT2D eigenvalue weighted by Crippen LogP contribution is -2.47. The Kier molecular flexibility index (Phi) is 4.42. The fraction of sp³-hybridized carbons (Fsp3) is 0.700. The molecule has 6 heteroatoms. The second-order valence-electron chi connectivity index (χ2n) is 9.16. The van der Waals surface area contributed by atoms with Gasteiger partial charge in [0, 0.05) is 21.3 Å². The van der Waals surface area contributed by atoms with Crippen LogP contribution >= 0.6 is 0 Å². The highest BCUT2D eigenvalue weighted by Crippen LogP contribution is 2.44. The average molecular weight is 376 g/mol. The van der Waals surface area contributed by atoms with E-state index in [4.69, 9.17) is 9.31 Å². The highest BCUT2D eigenvalue weighted by atomic mass is 32.2. The third-order valence-electron chi connectivity index (χ3n) is 6.79. The van der Waals surface area contributed by atoms with Gasteiger partial charge in [0.05, 0.1) is 16.8 Å². The molecule has 142 valence electrons. The topological polar surface area (TPSA) is 55.8 Å². The van der Waals surface area contributed by atoms with Crippen LogP contribution in [0.4, 0.5) is 0 Å². The predicted molar refractivity (Wildman–Crippen MR) is 105 cm³/mol. The molecule has 0 aliphatic carbocycles. The monoisotopic (exact) mass is 376 g/mol. The van der Waals surface area contributed by atoms with Crippen LogP contribution in [0.25, 0.3) is 0 Å². The summed E-state index contributed by atoms with van der Waals surface area (Å²) in [7, 11) is -1.22. The Hall–Kier alpha value is -0.685. The summed E-state index contributed by atoms with van der Waals surface area (Å²) >= 11 is 0. The van der Waals surface area contributed by atoms with E-state index in [0.29, 0.717) is 12.8 Å². The SMILES string of the molecule is CC1(C)OB(c2cccc(C3(O)CC4CCCC(C3)S4=O)c2)OC1(C)C. The summed E-state index contributed by atoms with van der Waals surface area (Å²) in [5.74, 6) is 0. The molecule has 3 heterocycles. The average Bonchev–Trinajstić information content (AvgIpc) is 2.77. The van der Waals surface area contributed by atoms with E-state index in [1.807, 2.05) is 52.0 Å². The number of benzene rings is 1. The van der Waals surface area contributed by atoms with Crippen molar-refractivity contribution in [2.45, 2.75) is 87.1 Å². The highest BCUT2D eigenvalue weighted by Gasteiger charge is 2.52. The second-order valence-corrected chi connectivity index (χ2v) is 11.1. The summed E-state index contributed by atoms with van der Waals surface area (Å²) in [6.45, 7) is 8.17. The first-order valence-electron chi connectivity index (χ1n) is 9.69. The quantitative estimate of drug-likeness (QED) is 0.807. The lowest BCUT2D eigenvalue weighted by molar-refractivity contribution is 0.00578. The molecule has 0 saturated carbocycles. The molecule has 1 N–H and O–H groups in total. The van der Waals surface area contributed by atoms with Crippen molar-refractivity contribution in [1.82, 2.24) is 0 Å². The molecule has 1 aromatic rings. The van der Waals surface area contributed by atoms with Gasteiger partial charge in [0.2, 0.25) is 0 Å². The van der Waals surface area contributed by atoms with E-state index in [1.54, 1.807) is 0 Å². The zero-order chi connectivity index (χ0) is 18.7. The van der Waals surface area contributed by atoms with Crippen molar-refractivity contribution in [3.8, 4) is 0 Å². The summed E-state index contributed by atoms with van der Waals surface area (Å²) in [6, 6.07) is 7.97. The van der Waals surface area contributed by atoms with Crippen LogP contribution in [0.5, 0.6) is 0 Å². The summed E-state index contributed by atoms with van der Waals surface area (Å²) in [5.41, 5.74) is 0.167. The van der Waals surface area contributed by atoms with Gasteiger partial charge in [-0.3, -0.25) is 4.21 Å². The lowest BCUT2D eigenvalue weighted by Gasteiger charge is -2.44. The molecule has 2 atom stereocenters. The zero-order valence-corrected chi connectivity index (χ0v) is 17.0. The van der Waals surface area contributed by atoms with E-state index in [-0.39, 0.29) is 21.7 Å². The normalized spacial score (nSPS) is 38.3. The minimum Gasteiger partial charge on any atom is -0.399 e.